The van der Waals surface area contributed by atoms with Crippen LogP contribution in [-0.2, 0) is 11.2 Å². The van der Waals surface area contributed by atoms with Crippen LogP contribution >= 0.6 is 0 Å². The Kier molecular flexibility index (Phi) is 4.44. The third-order valence-electron chi connectivity index (χ3n) is 4.89. The van der Waals surface area contributed by atoms with Crippen molar-refractivity contribution < 1.29 is 9.90 Å². The van der Waals surface area contributed by atoms with Crippen LogP contribution in [0.4, 0.5) is 0 Å². The molecule has 4 heteroatoms. The Labute approximate surface area is 126 Å². The van der Waals surface area contributed by atoms with Crippen LogP contribution in [0.1, 0.15) is 31.2 Å². The van der Waals surface area contributed by atoms with Gasteiger partial charge in [-0.25, -0.2) is 0 Å². The van der Waals surface area contributed by atoms with E-state index in [0.29, 0.717) is 12.5 Å². The number of piperidine rings is 1. The molecule has 1 aromatic carbocycles. The molecule has 1 aromatic rings. The highest BCUT2D eigenvalue weighted by Gasteiger charge is 2.29. The van der Waals surface area contributed by atoms with Gasteiger partial charge in [0.15, 0.2) is 0 Å². The Hall–Kier alpha value is -1.55. The molecule has 0 bridgehead atoms. The summed E-state index contributed by atoms with van der Waals surface area (Å²) < 4.78 is 0. The van der Waals surface area contributed by atoms with E-state index in [-0.39, 0.29) is 11.7 Å². The van der Waals surface area contributed by atoms with Gasteiger partial charge in [0.2, 0.25) is 5.91 Å². The van der Waals surface area contributed by atoms with E-state index in [1.165, 1.54) is 12.8 Å². The first-order chi connectivity index (χ1) is 10.2. The summed E-state index contributed by atoms with van der Waals surface area (Å²) in [7, 11) is 0. The van der Waals surface area contributed by atoms with Crippen LogP contribution in [0.2, 0.25) is 0 Å². The highest BCUT2D eigenvalue weighted by Crippen LogP contribution is 2.26. The number of rotatable bonds is 3. The standard InChI is InChI=1S/C17H24N2O2/c20-16-6-2-1-4-14(16)12-17(21)19-10-7-13(8-11-19)15-5-3-9-18-15/h1-2,4,6,13,15,18,20H,3,5,7-12H2. The van der Waals surface area contributed by atoms with Gasteiger partial charge in [0.1, 0.15) is 5.75 Å². The molecular weight excluding hydrogens is 264 g/mol. The predicted octanol–water partition coefficient (Wildman–Crippen LogP) is 1.93. The molecule has 4 nitrogen and oxygen atoms in total. The van der Waals surface area contributed by atoms with Gasteiger partial charge in [0.05, 0.1) is 6.42 Å². The molecule has 0 spiro atoms. The molecule has 0 aromatic heterocycles. The van der Waals surface area contributed by atoms with Crippen molar-refractivity contribution in [2.45, 2.75) is 38.1 Å². The molecule has 21 heavy (non-hydrogen) atoms. The SMILES string of the molecule is O=C(Cc1ccccc1O)N1CCC(C2CCCN2)CC1. The fourth-order valence-corrected chi connectivity index (χ4v) is 3.60. The van der Waals surface area contributed by atoms with Gasteiger partial charge in [0.25, 0.3) is 0 Å². The number of phenols is 1. The molecular formula is C17H24N2O2. The number of nitrogens with zero attached hydrogens (tertiary/aromatic N) is 1. The molecule has 2 aliphatic rings. The summed E-state index contributed by atoms with van der Waals surface area (Å²) in [6, 6.07) is 7.77. The first-order valence-corrected chi connectivity index (χ1v) is 8.02. The lowest BCUT2D eigenvalue weighted by molar-refractivity contribution is -0.132. The molecule has 3 rings (SSSR count). The smallest absolute Gasteiger partial charge is 0.227 e. The molecule has 0 radical (unpaired) electrons. The molecule has 0 aliphatic carbocycles. The fourth-order valence-electron chi connectivity index (χ4n) is 3.60. The average molecular weight is 288 g/mol. The third-order valence-corrected chi connectivity index (χ3v) is 4.89. The normalized spacial score (nSPS) is 23.4. The summed E-state index contributed by atoms with van der Waals surface area (Å²) in [5, 5.41) is 13.3. The Balaban J connectivity index is 1.52. The monoisotopic (exact) mass is 288 g/mol. The van der Waals surface area contributed by atoms with Crippen LogP contribution in [0.15, 0.2) is 24.3 Å². The van der Waals surface area contributed by atoms with E-state index in [2.05, 4.69) is 5.32 Å². The van der Waals surface area contributed by atoms with Gasteiger partial charge in [-0.2, -0.15) is 0 Å². The lowest BCUT2D eigenvalue weighted by Gasteiger charge is -2.35. The first kappa shape index (κ1) is 14.4. The number of carbonyl (C=O) groups excluding carboxylic acids is 1. The molecule has 2 aliphatic heterocycles. The highest BCUT2D eigenvalue weighted by molar-refractivity contribution is 5.79. The van der Waals surface area contributed by atoms with Gasteiger partial charge in [-0.05, 0) is 44.2 Å². The van der Waals surface area contributed by atoms with Crippen molar-refractivity contribution in [3.63, 3.8) is 0 Å². The minimum absolute atomic E-state index is 0.134. The van der Waals surface area contributed by atoms with Crippen molar-refractivity contribution in [3.05, 3.63) is 29.8 Å². The number of para-hydroxylation sites is 1. The summed E-state index contributed by atoms with van der Waals surface area (Å²) in [5.74, 6) is 1.08. The Morgan fingerprint density at radius 3 is 2.67 bits per heavy atom. The summed E-state index contributed by atoms with van der Waals surface area (Å²) in [4.78, 5) is 14.3. The number of phenolic OH excluding ortho intramolecular Hbond substituents is 1. The minimum atomic E-state index is 0.134. The highest BCUT2D eigenvalue weighted by atomic mass is 16.3. The van der Waals surface area contributed by atoms with E-state index in [1.807, 2.05) is 17.0 Å². The molecule has 2 saturated heterocycles. The molecule has 2 N–H and O–H groups in total. The zero-order valence-corrected chi connectivity index (χ0v) is 12.4. The van der Waals surface area contributed by atoms with E-state index in [4.69, 9.17) is 0 Å². The minimum Gasteiger partial charge on any atom is -0.508 e. The van der Waals surface area contributed by atoms with Gasteiger partial charge >= 0.3 is 0 Å². The van der Waals surface area contributed by atoms with Crippen molar-refractivity contribution in [2.75, 3.05) is 19.6 Å². The fraction of sp³-hybridized carbons (Fsp3) is 0.588. The van der Waals surface area contributed by atoms with E-state index < -0.39 is 0 Å². The molecule has 1 atom stereocenters. The van der Waals surface area contributed by atoms with Gasteiger partial charge in [-0.1, -0.05) is 18.2 Å². The van der Waals surface area contributed by atoms with Crippen LogP contribution in [0.25, 0.3) is 0 Å². The molecule has 2 fully saturated rings. The van der Waals surface area contributed by atoms with Gasteiger partial charge < -0.3 is 15.3 Å². The van der Waals surface area contributed by atoms with Crippen LogP contribution in [-0.4, -0.2) is 41.6 Å². The van der Waals surface area contributed by atoms with E-state index in [9.17, 15) is 9.90 Å². The van der Waals surface area contributed by atoms with Crippen molar-refractivity contribution >= 4 is 5.91 Å². The van der Waals surface area contributed by atoms with Crippen molar-refractivity contribution in [1.82, 2.24) is 10.2 Å². The number of amides is 1. The maximum absolute atomic E-state index is 12.3. The Morgan fingerprint density at radius 1 is 1.24 bits per heavy atom. The largest absolute Gasteiger partial charge is 0.508 e. The lowest BCUT2D eigenvalue weighted by atomic mass is 9.88. The Morgan fingerprint density at radius 2 is 2.00 bits per heavy atom. The predicted molar refractivity (Wildman–Crippen MR) is 82.1 cm³/mol. The summed E-state index contributed by atoms with van der Waals surface area (Å²) in [6.45, 7) is 2.86. The number of likely N-dealkylation sites (tertiary alicyclic amines) is 1. The zero-order chi connectivity index (χ0) is 14.7. The quantitative estimate of drug-likeness (QED) is 0.893. The van der Waals surface area contributed by atoms with Crippen molar-refractivity contribution in [3.8, 4) is 5.75 Å². The maximum atomic E-state index is 12.3. The summed E-state index contributed by atoms with van der Waals surface area (Å²) in [5.41, 5.74) is 0.724. The van der Waals surface area contributed by atoms with E-state index in [1.54, 1.807) is 12.1 Å². The van der Waals surface area contributed by atoms with Crippen molar-refractivity contribution in [1.29, 1.82) is 0 Å². The molecule has 114 valence electrons. The van der Waals surface area contributed by atoms with Gasteiger partial charge in [0, 0.05) is 24.7 Å². The van der Waals surface area contributed by atoms with Gasteiger partial charge in [-0.15, -0.1) is 0 Å². The number of hydrogen-bond acceptors (Lipinski definition) is 3. The van der Waals surface area contributed by atoms with Gasteiger partial charge in [-0.3, -0.25) is 4.79 Å². The second-order valence-electron chi connectivity index (χ2n) is 6.23. The second-order valence-corrected chi connectivity index (χ2v) is 6.23. The number of nitrogens with one attached hydrogen (secondary N) is 1. The van der Waals surface area contributed by atoms with Crippen LogP contribution in [0.5, 0.6) is 5.75 Å². The van der Waals surface area contributed by atoms with E-state index >= 15 is 0 Å². The van der Waals surface area contributed by atoms with Crippen LogP contribution < -0.4 is 5.32 Å². The summed E-state index contributed by atoms with van der Waals surface area (Å²) in [6.07, 6.45) is 5.08. The third kappa shape index (κ3) is 3.38. The first-order valence-electron chi connectivity index (χ1n) is 8.02. The lowest BCUT2D eigenvalue weighted by Crippen LogP contribution is -2.43. The topological polar surface area (TPSA) is 52.6 Å². The zero-order valence-electron chi connectivity index (χ0n) is 12.4. The maximum Gasteiger partial charge on any atom is 0.227 e. The molecule has 2 heterocycles. The Bertz CT molecular complexity index is 489. The number of aromatic hydroxyl groups is 1. The van der Waals surface area contributed by atoms with Crippen LogP contribution in [0, 0.1) is 5.92 Å². The molecule has 0 saturated carbocycles. The average Bonchev–Trinajstić information content (AvgIpc) is 3.04. The summed E-state index contributed by atoms with van der Waals surface area (Å²) >= 11 is 0. The number of hydrogen-bond donors (Lipinski definition) is 2. The second kappa shape index (κ2) is 6.48. The number of carbonyl (C=O) groups is 1. The molecule has 1 unspecified atom stereocenters. The van der Waals surface area contributed by atoms with E-state index in [0.717, 1.165) is 44.0 Å². The molecule has 1 amide bonds. The number of benzene rings is 1. The van der Waals surface area contributed by atoms with Crippen LogP contribution in [0.3, 0.4) is 0 Å². The van der Waals surface area contributed by atoms with Crippen molar-refractivity contribution in [2.24, 2.45) is 5.92 Å².